The van der Waals surface area contributed by atoms with E-state index in [4.69, 9.17) is 7.58 Å². The fourth-order valence-corrected chi connectivity index (χ4v) is 0.553. The molecule has 0 aliphatic carbocycles. The van der Waals surface area contributed by atoms with Crippen LogP contribution in [0.25, 0.3) is 0 Å². The minimum atomic E-state index is -0.178. The third-order valence-corrected chi connectivity index (χ3v) is 1.41. The van der Waals surface area contributed by atoms with E-state index in [0.717, 1.165) is 13.2 Å². The van der Waals surface area contributed by atoms with Crippen LogP contribution in [0, 0.1) is 0 Å². The van der Waals surface area contributed by atoms with Gasteiger partial charge < -0.3 is 9.00 Å². The number of rotatable bonds is 4. The second kappa shape index (κ2) is 10.9. The van der Waals surface area contributed by atoms with Crippen molar-refractivity contribution in [2.75, 3.05) is 13.2 Å². The largest absolute Gasteiger partial charge is 1.00 e. The van der Waals surface area contributed by atoms with Gasteiger partial charge in [-0.25, -0.2) is 0 Å². The Labute approximate surface area is 71.0 Å². The van der Waals surface area contributed by atoms with Crippen molar-refractivity contribution < 1.29 is 27.9 Å². The Bertz CT molecular complexity index is 37.7. The van der Waals surface area contributed by atoms with E-state index in [1.165, 1.54) is 0 Å². The van der Waals surface area contributed by atoms with Crippen molar-refractivity contribution in [1.82, 2.24) is 0 Å². The second-order valence-electron chi connectivity index (χ2n) is 1.01. The predicted molar refractivity (Wildman–Crippen MR) is 30.1 cm³/mol. The summed E-state index contributed by atoms with van der Waals surface area (Å²) in [6, 6.07) is 0. The predicted octanol–water partition coefficient (Wildman–Crippen LogP) is -2.29. The minimum absolute atomic E-state index is 0. The molecule has 8 heavy (non-hydrogen) atoms. The van der Waals surface area contributed by atoms with Gasteiger partial charge in [0.15, 0.2) is 0 Å². The molecule has 0 spiro atoms. The zero-order valence-electron chi connectivity index (χ0n) is 6.81. The summed E-state index contributed by atoms with van der Waals surface area (Å²) in [4.78, 5) is 0. The van der Waals surface area contributed by atoms with E-state index in [-0.39, 0.29) is 36.2 Å². The van der Waals surface area contributed by atoms with Crippen LogP contribution in [-0.4, -0.2) is 29.1 Å². The molecule has 4 heteroatoms. The maximum Gasteiger partial charge on any atom is 1.00 e. The first kappa shape index (κ1) is 11.8. The van der Waals surface area contributed by atoms with Crippen molar-refractivity contribution in [3.05, 3.63) is 0 Å². The smallest absolute Gasteiger partial charge is 1.00 e. The molecule has 0 rings (SSSR count). The molecular formula is C4H11AlLiO2. The molecular weight excluding hydrogens is 114 g/mol. The van der Waals surface area contributed by atoms with Gasteiger partial charge in [-0.1, -0.05) is 0 Å². The first-order chi connectivity index (χ1) is 3.41. The zero-order valence-corrected chi connectivity index (χ0v) is 6.96. The van der Waals surface area contributed by atoms with Crippen molar-refractivity contribution >= 4 is 15.9 Å². The van der Waals surface area contributed by atoms with Gasteiger partial charge in [-0.15, -0.1) is 0 Å². The SMILES string of the molecule is CC[O][Al][O]CC.[H-].[Li+]. The monoisotopic (exact) mass is 125 g/mol. The normalized spacial score (nSPS) is 7.75. The maximum atomic E-state index is 4.94. The molecule has 0 aromatic carbocycles. The van der Waals surface area contributed by atoms with E-state index >= 15 is 0 Å². The summed E-state index contributed by atoms with van der Waals surface area (Å²) in [5, 5.41) is 0. The molecule has 0 heterocycles. The van der Waals surface area contributed by atoms with Crippen LogP contribution < -0.4 is 18.9 Å². The molecule has 0 bridgehead atoms. The Hall–Kier alpha value is 1.05. The quantitative estimate of drug-likeness (QED) is 0.311. The molecule has 1 radical (unpaired) electrons. The van der Waals surface area contributed by atoms with Crippen LogP contribution in [0.2, 0.25) is 0 Å². The van der Waals surface area contributed by atoms with Crippen molar-refractivity contribution in [2.45, 2.75) is 13.8 Å². The van der Waals surface area contributed by atoms with E-state index in [1.807, 2.05) is 13.8 Å². The van der Waals surface area contributed by atoms with Gasteiger partial charge in [0, 0.05) is 13.2 Å². The molecule has 2 nitrogen and oxygen atoms in total. The molecule has 0 atom stereocenters. The van der Waals surface area contributed by atoms with Gasteiger partial charge in [0.05, 0.1) is 0 Å². The third-order valence-electron chi connectivity index (χ3n) is 0.469. The van der Waals surface area contributed by atoms with Gasteiger partial charge in [0.1, 0.15) is 0 Å². The van der Waals surface area contributed by atoms with E-state index in [2.05, 4.69) is 0 Å². The Morgan fingerprint density at radius 1 is 1.25 bits per heavy atom. The summed E-state index contributed by atoms with van der Waals surface area (Å²) >= 11 is -0.178. The molecule has 0 N–H and O–H groups in total. The average Bonchev–Trinajstić information content (AvgIpc) is 1.69. The molecule has 0 aliphatic heterocycles. The second-order valence-corrected chi connectivity index (χ2v) is 1.87. The van der Waals surface area contributed by atoms with E-state index in [0.29, 0.717) is 0 Å². The van der Waals surface area contributed by atoms with E-state index < -0.39 is 0 Å². The Kier molecular flexibility index (Phi) is 16.1. The van der Waals surface area contributed by atoms with Crippen LogP contribution >= 0.6 is 0 Å². The first-order valence-corrected chi connectivity index (χ1v) is 3.41. The third kappa shape index (κ3) is 10.1. The topological polar surface area (TPSA) is 18.5 Å². The molecule has 0 fully saturated rings. The molecule has 0 saturated carbocycles. The standard InChI is InChI=1S/2C2H5O.Al.Li.H/c2*1-2-3;;;/h2*2H2,1H3;;;/q2*-1;+2;+1;-1. The van der Waals surface area contributed by atoms with Crippen LogP contribution in [0.1, 0.15) is 15.3 Å². The fraction of sp³-hybridized carbons (Fsp3) is 1.00. The molecule has 0 aromatic rings. The van der Waals surface area contributed by atoms with Gasteiger partial charge in [0.25, 0.3) is 0 Å². The van der Waals surface area contributed by atoms with Gasteiger partial charge >= 0.3 is 34.7 Å². The van der Waals surface area contributed by atoms with Crippen LogP contribution in [0.4, 0.5) is 0 Å². The zero-order chi connectivity index (χ0) is 5.54. The summed E-state index contributed by atoms with van der Waals surface area (Å²) in [6.45, 7) is 5.47. The van der Waals surface area contributed by atoms with Crippen LogP contribution in [-0.2, 0) is 7.58 Å². The van der Waals surface area contributed by atoms with Gasteiger partial charge in [-0.2, -0.15) is 0 Å². The van der Waals surface area contributed by atoms with Crippen LogP contribution in [0.15, 0.2) is 0 Å². The summed E-state index contributed by atoms with van der Waals surface area (Å²) in [5.41, 5.74) is 0. The summed E-state index contributed by atoms with van der Waals surface area (Å²) in [6.07, 6.45) is 0. The van der Waals surface area contributed by atoms with Crippen molar-refractivity contribution in [2.24, 2.45) is 0 Å². The number of hydrogen-bond donors (Lipinski definition) is 0. The molecule has 0 unspecified atom stereocenters. The summed E-state index contributed by atoms with van der Waals surface area (Å²) in [5.74, 6) is 0. The van der Waals surface area contributed by atoms with Crippen molar-refractivity contribution in [3.8, 4) is 0 Å². The van der Waals surface area contributed by atoms with Crippen LogP contribution in [0.5, 0.6) is 0 Å². The Morgan fingerprint density at radius 3 is 1.88 bits per heavy atom. The van der Waals surface area contributed by atoms with E-state index in [1.54, 1.807) is 0 Å². The fourth-order valence-electron chi connectivity index (χ4n) is 0.184. The minimum Gasteiger partial charge on any atom is -1.00 e. The maximum absolute atomic E-state index is 4.94. The Balaban J connectivity index is -0.000000180. The van der Waals surface area contributed by atoms with Gasteiger partial charge in [-0.3, -0.25) is 0 Å². The van der Waals surface area contributed by atoms with Crippen molar-refractivity contribution in [3.63, 3.8) is 0 Å². The van der Waals surface area contributed by atoms with Gasteiger partial charge in [-0.05, 0) is 13.8 Å². The Morgan fingerprint density at radius 2 is 1.62 bits per heavy atom. The molecule has 0 aromatic heterocycles. The number of hydrogen-bond acceptors (Lipinski definition) is 2. The van der Waals surface area contributed by atoms with E-state index in [9.17, 15) is 0 Å². The van der Waals surface area contributed by atoms with Crippen molar-refractivity contribution in [1.29, 1.82) is 0 Å². The first-order valence-electron chi connectivity index (χ1n) is 2.46. The summed E-state index contributed by atoms with van der Waals surface area (Å²) in [7, 11) is 0. The summed E-state index contributed by atoms with van der Waals surface area (Å²) < 4.78 is 9.87. The van der Waals surface area contributed by atoms with Gasteiger partial charge in [0.2, 0.25) is 0 Å². The molecule has 0 aliphatic rings. The van der Waals surface area contributed by atoms with Crippen LogP contribution in [0.3, 0.4) is 0 Å². The molecule has 0 amide bonds. The molecule has 0 saturated heterocycles. The molecule has 43 valence electrons. The average molecular weight is 125 g/mol.